The van der Waals surface area contributed by atoms with Crippen LogP contribution in [0, 0.1) is 5.82 Å². The molecule has 5 rings (SSSR count). The highest BCUT2D eigenvalue weighted by molar-refractivity contribution is 5.88. The molecule has 1 aliphatic heterocycles. The lowest BCUT2D eigenvalue weighted by atomic mass is 10.1. The molecule has 4 aromatic rings. The molecule has 2 N–H and O–H groups in total. The van der Waals surface area contributed by atoms with Crippen molar-refractivity contribution in [1.82, 2.24) is 15.2 Å². The number of morpholine rings is 1. The number of aromatic nitrogens is 1. The van der Waals surface area contributed by atoms with Crippen molar-refractivity contribution in [3.63, 3.8) is 0 Å². The number of anilines is 1. The van der Waals surface area contributed by atoms with Crippen LogP contribution in [0.5, 0.6) is 23.0 Å². The van der Waals surface area contributed by atoms with Gasteiger partial charge in [-0.1, -0.05) is 30.3 Å². The van der Waals surface area contributed by atoms with E-state index in [9.17, 15) is 0 Å². The highest BCUT2D eigenvalue weighted by Crippen LogP contribution is 2.38. The van der Waals surface area contributed by atoms with Gasteiger partial charge in [0.15, 0.2) is 23.1 Å². The van der Waals surface area contributed by atoms with Crippen molar-refractivity contribution in [2.45, 2.75) is 25.9 Å². The minimum absolute atomic E-state index is 0.0349. The van der Waals surface area contributed by atoms with Gasteiger partial charge in [-0.25, -0.2) is 4.39 Å². The lowest BCUT2D eigenvalue weighted by Crippen LogP contribution is -2.37. The largest absolute Gasteiger partial charge is 0.493 e. The van der Waals surface area contributed by atoms with Gasteiger partial charge in [-0.05, 0) is 49.6 Å². The molecular formula is C33H39FN4O4. The quantitative estimate of drug-likeness (QED) is 0.143. The van der Waals surface area contributed by atoms with Gasteiger partial charge in [-0.2, -0.15) is 0 Å². The Morgan fingerprint density at radius 2 is 1.81 bits per heavy atom. The van der Waals surface area contributed by atoms with Gasteiger partial charge in [0, 0.05) is 55.6 Å². The molecule has 1 atom stereocenters. The van der Waals surface area contributed by atoms with Crippen molar-refractivity contribution in [2.75, 3.05) is 58.4 Å². The van der Waals surface area contributed by atoms with Crippen LogP contribution in [-0.2, 0) is 11.2 Å². The third kappa shape index (κ3) is 8.09. The van der Waals surface area contributed by atoms with E-state index in [0.29, 0.717) is 40.4 Å². The summed E-state index contributed by atoms with van der Waals surface area (Å²) < 4.78 is 38.2. The van der Waals surface area contributed by atoms with Crippen molar-refractivity contribution in [1.29, 1.82) is 0 Å². The molecule has 1 fully saturated rings. The van der Waals surface area contributed by atoms with E-state index in [0.717, 1.165) is 52.2 Å². The fourth-order valence-corrected chi connectivity index (χ4v) is 4.96. The van der Waals surface area contributed by atoms with E-state index in [1.165, 1.54) is 11.6 Å². The number of hydrogen-bond acceptors (Lipinski definition) is 8. The Labute approximate surface area is 246 Å². The predicted octanol–water partition coefficient (Wildman–Crippen LogP) is 5.87. The average molecular weight is 575 g/mol. The zero-order chi connectivity index (χ0) is 29.1. The topological polar surface area (TPSA) is 77.1 Å². The number of fused-ring (bicyclic) bond motifs is 1. The summed E-state index contributed by atoms with van der Waals surface area (Å²) in [6.07, 6.45) is 3.42. The van der Waals surface area contributed by atoms with Gasteiger partial charge in [0.05, 0.1) is 38.6 Å². The Kier molecular flexibility index (Phi) is 10.4. The first-order valence-electron chi connectivity index (χ1n) is 14.5. The molecule has 9 heteroatoms. The van der Waals surface area contributed by atoms with E-state index in [-0.39, 0.29) is 11.9 Å². The molecular weight excluding hydrogens is 535 g/mol. The summed E-state index contributed by atoms with van der Waals surface area (Å²) in [4.78, 5) is 6.86. The Morgan fingerprint density at radius 1 is 0.976 bits per heavy atom. The average Bonchev–Trinajstić information content (AvgIpc) is 3.01. The van der Waals surface area contributed by atoms with Gasteiger partial charge < -0.3 is 24.3 Å². The van der Waals surface area contributed by atoms with Crippen molar-refractivity contribution in [2.24, 2.45) is 0 Å². The van der Waals surface area contributed by atoms with Crippen LogP contribution in [0.25, 0.3) is 10.9 Å². The lowest BCUT2D eigenvalue weighted by molar-refractivity contribution is 0.0357. The summed E-state index contributed by atoms with van der Waals surface area (Å²) >= 11 is 0. The number of benzene rings is 3. The molecule has 0 aliphatic carbocycles. The standard InChI is InChI=1S/C33H39FN4O4/c1-24(35-13-11-25-7-4-3-5-8-25)37-26-9-10-31(28(34)21-26)42-30-12-14-36-29-23-33(32(39-2)22-27(29)30)41-18-6-15-38-16-19-40-20-17-38/h3-5,7-10,12,14,21-24,35,37H,6,11,13,15-20H2,1-2H3. The van der Waals surface area contributed by atoms with E-state index >= 15 is 4.39 Å². The van der Waals surface area contributed by atoms with Gasteiger partial charge in [-0.15, -0.1) is 0 Å². The molecule has 0 radical (unpaired) electrons. The van der Waals surface area contributed by atoms with Crippen molar-refractivity contribution in [3.8, 4) is 23.0 Å². The monoisotopic (exact) mass is 574 g/mol. The SMILES string of the molecule is COc1cc2c(Oc3ccc(NC(C)NCCc4ccccc4)cc3F)ccnc2cc1OCCCN1CCOCC1. The van der Waals surface area contributed by atoms with E-state index in [4.69, 9.17) is 18.9 Å². The van der Waals surface area contributed by atoms with Crippen molar-refractivity contribution in [3.05, 3.63) is 84.3 Å². The molecule has 0 spiro atoms. The number of methoxy groups -OCH3 is 1. The summed E-state index contributed by atoms with van der Waals surface area (Å²) in [6, 6.07) is 20.6. The second kappa shape index (κ2) is 14.8. The normalized spacial score (nSPS) is 14.5. The van der Waals surface area contributed by atoms with Crippen molar-refractivity contribution >= 4 is 16.6 Å². The first kappa shape index (κ1) is 29.6. The van der Waals surface area contributed by atoms with Gasteiger partial charge in [0.25, 0.3) is 0 Å². The zero-order valence-corrected chi connectivity index (χ0v) is 24.3. The highest BCUT2D eigenvalue weighted by atomic mass is 19.1. The second-order valence-electron chi connectivity index (χ2n) is 10.3. The van der Waals surface area contributed by atoms with Gasteiger partial charge in [0.1, 0.15) is 5.75 Å². The summed E-state index contributed by atoms with van der Waals surface area (Å²) in [7, 11) is 1.60. The summed E-state index contributed by atoms with van der Waals surface area (Å²) in [5.74, 6) is 1.33. The number of pyridine rings is 1. The molecule has 1 aliphatic rings. The van der Waals surface area contributed by atoms with E-state index in [1.807, 2.05) is 37.3 Å². The highest BCUT2D eigenvalue weighted by Gasteiger charge is 2.15. The number of nitrogens with zero attached hydrogens (tertiary/aromatic N) is 2. The third-order valence-electron chi connectivity index (χ3n) is 7.21. The van der Waals surface area contributed by atoms with E-state index < -0.39 is 5.82 Å². The molecule has 0 amide bonds. The van der Waals surface area contributed by atoms with E-state index in [1.54, 1.807) is 31.5 Å². The Bertz CT molecular complexity index is 1430. The van der Waals surface area contributed by atoms with Gasteiger partial charge in [-0.3, -0.25) is 15.2 Å². The first-order chi connectivity index (χ1) is 20.6. The third-order valence-corrected chi connectivity index (χ3v) is 7.21. The second-order valence-corrected chi connectivity index (χ2v) is 10.3. The van der Waals surface area contributed by atoms with Crippen LogP contribution < -0.4 is 24.8 Å². The van der Waals surface area contributed by atoms with Crippen LogP contribution in [-0.4, -0.2) is 69.2 Å². The summed E-state index contributed by atoms with van der Waals surface area (Å²) in [5.41, 5.74) is 2.61. The lowest BCUT2D eigenvalue weighted by Gasteiger charge is -2.26. The Hall–Kier alpha value is -3.92. The maximum atomic E-state index is 15.1. The summed E-state index contributed by atoms with van der Waals surface area (Å²) in [6.45, 7) is 7.81. The fraction of sp³-hybridized carbons (Fsp3) is 0.364. The maximum Gasteiger partial charge on any atom is 0.167 e. The molecule has 42 heavy (non-hydrogen) atoms. The zero-order valence-electron chi connectivity index (χ0n) is 24.3. The van der Waals surface area contributed by atoms with Gasteiger partial charge in [0.2, 0.25) is 0 Å². The fourth-order valence-electron chi connectivity index (χ4n) is 4.96. The molecule has 222 valence electrons. The molecule has 0 bridgehead atoms. The Morgan fingerprint density at radius 3 is 2.60 bits per heavy atom. The molecule has 2 heterocycles. The van der Waals surface area contributed by atoms with Crippen LogP contribution in [0.3, 0.4) is 0 Å². The van der Waals surface area contributed by atoms with E-state index in [2.05, 4.69) is 32.7 Å². The van der Waals surface area contributed by atoms with Crippen molar-refractivity contribution < 1.29 is 23.3 Å². The minimum Gasteiger partial charge on any atom is -0.493 e. The van der Waals surface area contributed by atoms with Gasteiger partial charge >= 0.3 is 0 Å². The molecule has 8 nitrogen and oxygen atoms in total. The number of hydrogen-bond donors (Lipinski definition) is 2. The Balaban J connectivity index is 1.19. The van der Waals surface area contributed by atoms with Crippen LogP contribution in [0.4, 0.5) is 10.1 Å². The number of halogens is 1. The molecule has 3 aromatic carbocycles. The number of nitrogens with one attached hydrogen (secondary N) is 2. The maximum absolute atomic E-state index is 15.1. The first-order valence-corrected chi connectivity index (χ1v) is 14.5. The molecule has 1 saturated heterocycles. The van der Waals surface area contributed by atoms with Crippen LogP contribution in [0.1, 0.15) is 18.9 Å². The van der Waals surface area contributed by atoms with Crippen LogP contribution in [0.2, 0.25) is 0 Å². The molecule has 1 unspecified atom stereocenters. The molecule has 1 aromatic heterocycles. The minimum atomic E-state index is -0.464. The molecule has 0 saturated carbocycles. The number of ether oxygens (including phenoxy) is 4. The van der Waals surface area contributed by atoms with Crippen LogP contribution in [0.15, 0.2) is 72.9 Å². The smallest absolute Gasteiger partial charge is 0.167 e. The summed E-state index contributed by atoms with van der Waals surface area (Å²) in [5, 5.41) is 7.42. The predicted molar refractivity (Wildman–Crippen MR) is 163 cm³/mol. The number of rotatable bonds is 14. The van der Waals surface area contributed by atoms with Crippen LogP contribution >= 0.6 is 0 Å².